The van der Waals surface area contributed by atoms with Crippen LogP contribution in [0.3, 0.4) is 0 Å². The van der Waals surface area contributed by atoms with Crippen LogP contribution in [0.2, 0.25) is 0 Å². The first kappa shape index (κ1) is 10.6. The van der Waals surface area contributed by atoms with Gasteiger partial charge in [0.05, 0.1) is 18.6 Å². The van der Waals surface area contributed by atoms with Crippen molar-refractivity contribution in [2.24, 2.45) is 0 Å². The molecular weight excluding hydrogens is 226 g/mol. The molecule has 0 radical (unpaired) electrons. The number of aromatic amines is 1. The number of anilines is 1. The minimum atomic E-state index is 0.740. The van der Waals surface area contributed by atoms with Crippen LogP contribution >= 0.6 is 0 Å². The number of nitrogens with one attached hydrogen (secondary N) is 2. The Balaban J connectivity index is 1.68. The smallest absolute Gasteiger partial charge is 0.0991 e. The van der Waals surface area contributed by atoms with E-state index in [9.17, 15) is 0 Å². The Kier molecular flexibility index (Phi) is 2.79. The van der Waals surface area contributed by atoms with E-state index in [0.29, 0.717) is 0 Å². The third-order valence-electron chi connectivity index (χ3n) is 2.71. The fourth-order valence-corrected chi connectivity index (χ4v) is 1.74. The minimum absolute atomic E-state index is 0.740. The summed E-state index contributed by atoms with van der Waals surface area (Å²) in [7, 11) is 0. The van der Waals surface area contributed by atoms with Crippen molar-refractivity contribution < 1.29 is 0 Å². The van der Waals surface area contributed by atoms with E-state index >= 15 is 0 Å². The molecule has 0 amide bonds. The van der Waals surface area contributed by atoms with E-state index in [2.05, 4.69) is 32.6 Å². The largest absolute Gasteiger partial charge is 0.379 e. The molecule has 2 aromatic heterocycles. The maximum Gasteiger partial charge on any atom is 0.0991 e. The van der Waals surface area contributed by atoms with Crippen LogP contribution in [0.1, 0.15) is 5.69 Å². The molecule has 0 unspecified atom stereocenters. The van der Waals surface area contributed by atoms with Crippen molar-refractivity contribution in [3.63, 3.8) is 0 Å². The topological polar surface area (TPSA) is 58.5 Å². The maximum absolute atomic E-state index is 4.03. The van der Waals surface area contributed by atoms with Crippen molar-refractivity contribution in [1.29, 1.82) is 0 Å². The van der Waals surface area contributed by atoms with Crippen LogP contribution in [0, 0.1) is 0 Å². The predicted octanol–water partition coefficient (Wildman–Crippen LogP) is 2.21. The Hall–Kier alpha value is -2.56. The zero-order valence-electron chi connectivity index (χ0n) is 9.74. The van der Waals surface area contributed by atoms with Crippen LogP contribution in [0.4, 0.5) is 5.69 Å². The average Bonchev–Trinajstić information content (AvgIpc) is 3.10. The van der Waals surface area contributed by atoms with Crippen molar-refractivity contribution in [2.75, 3.05) is 5.32 Å². The molecule has 5 heteroatoms. The van der Waals surface area contributed by atoms with E-state index in [0.717, 1.165) is 23.6 Å². The predicted molar refractivity (Wildman–Crippen MR) is 69.5 cm³/mol. The fourth-order valence-electron chi connectivity index (χ4n) is 1.74. The number of H-pyrrole nitrogens is 1. The van der Waals surface area contributed by atoms with Crippen LogP contribution in [-0.4, -0.2) is 19.7 Å². The second-order valence-corrected chi connectivity index (χ2v) is 3.95. The number of benzene rings is 1. The van der Waals surface area contributed by atoms with Gasteiger partial charge in [0.2, 0.25) is 0 Å². The van der Waals surface area contributed by atoms with Gasteiger partial charge in [-0.25, -0.2) is 4.98 Å². The van der Waals surface area contributed by atoms with Gasteiger partial charge in [-0.05, 0) is 30.3 Å². The summed E-state index contributed by atoms with van der Waals surface area (Å²) in [4.78, 5) is 4.03. The molecule has 0 bridgehead atoms. The number of aromatic nitrogens is 4. The Labute approximate surface area is 104 Å². The van der Waals surface area contributed by atoms with Gasteiger partial charge in [0, 0.05) is 30.0 Å². The Bertz CT molecular complexity index is 581. The number of rotatable bonds is 4. The molecule has 3 aromatic rings. The van der Waals surface area contributed by atoms with Gasteiger partial charge < -0.3 is 9.88 Å². The Morgan fingerprint density at radius 3 is 2.67 bits per heavy atom. The first-order chi connectivity index (χ1) is 8.92. The molecule has 0 saturated carbocycles. The van der Waals surface area contributed by atoms with E-state index in [1.54, 1.807) is 18.7 Å². The third-order valence-corrected chi connectivity index (χ3v) is 2.71. The minimum Gasteiger partial charge on any atom is -0.379 e. The summed E-state index contributed by atoms with van der Waals surface area (Å²) >= 11 is 0. The quantitative estimate of drug-likeness (QED) is 0.733. The molecule has 18 heavy (non-hydrogen) atoms. The Morgan fingerprint density at radius 1 is 1.11 bits per heavy atom. The lowest BCUT2D eigenvalue weighted by molar-refractivity contribution is 0.981. The fraction of sp³-hybridized carbons (Fsp3) is 0.0769. The standard InChI is InChI=1S/C13H13N5/c1-3-13(18-8-7-14-10-18)4-2-11(1)15-9-12-5-6-16-17-12/h1-8,10,15H,9H2,(H,16,17). The van der Waals surface area contributed by atoms with Gasteiger partial charge in [0.25, 0.3) is 0 Å². The zero-order valence-corrected chi connectivity index (χ0v) is 9.74. The summed E-state index contributed by atoms with van der Waals surface area (Å²) < 4.78 is 1.97. The monoisotopic (exact) mass is 239 g/mol. The van der Waals surface area contributed by atoms with E-state index in [1.165, 1.54) is 0 Å². The van der Waals surface area contributed by atoms with E-state index in [4.69, 9.17) is 0 Å². The molecule has 0 aliphatic carbocycles. The molecular formula is C13H13N5. The molecule has 0 atom stereocenters. The maximum atomic E-state index is 4.03. The molecule has 3 rings (SSSR count). The van der Waals surface area contributed by atoms with Gasteiger partial charge in [-0.3, -0.25) is 5.10 Å². The normalized spacial score (nSPS) is 10.4. The molecule has 2 heterocycles. The van der Waals surface area contributed by atoms with Crippen LogP contribution < -0.4 is 5.32 Å². The van der Waals surface area contributed by atoms with Crippen LogP contribution in [0.5, 0.6) is 0 Å². The summed E-state index contributed by atoms with van der Waals surface area (Å²) in [5.74, 6) is 0. The number of nitrogens with zero attached hydrogens (tertiary/aromatic N) is 3. The van der Waals surface area contributed by atoms with Gasteiger partial charge >= 0.3 is 0 Å². The summed E-state index contributed by atoms with van der Waals surface area (Å²) in [6, 6.07) is 10.2. The highest BCUT2D eigenvalue weighted by molar-refractivity contribution is 5.48. The van der Waals surface area contributed by atoms with Crippen LogP contribution in [0.25, 0.3) is 5.69 Å². The number of imidazole rings is 1. The van der Waals surface area contributed by atoms with Crippen molar-refractivity contribution in [2.45, 2.75) is 6.54 Å². The van der Waals surface area contributed by atoms with Crippen LogP contribution in [-0.2, 0) is 6.54 Å². The highest BCUT2D eigenvalue weighted by atomic mass is 15.1. The summed E-state index contributed by atoms with van der Waals surface area (Å²) in [5, 5.41) is 10.1. The third kappa shape index (κ3) is 2.24. The second kappa shape index (κ2) is 4.75. The van der Waals surface area contributed by atoms with Gasteiger partial charge in [-0.1, -0.05) is 0 Å². The van der Waals surface area contributed by atoms with Crippen LogP contribution in [0.15, 0.2) is 55.2 Å². The molecule has 5 nitrogen and oxygen atoms in total. The second-order valence-electron chi connectivity index (χ2n) is 3.95. The van der Waals surface area contributed by atoms with E-state index in [-0.39, 0.29) is 0 Å². The van der Waals surface area contributed by atoms with Crippen molar-refractivity contribution in [1.82, 2.24) is 19.7 Å². The molecule has 0 saturated heterocycles. The lowest BCUT2D eigenvalue weighted by Crippen LogP contribution is -2.00. The summed E-state index contributed by atoms with van der Waals surface area (Å²) in [6.45, 7) is 0.740. The van der Waals surface area contributed by atoms with Gasteiger partial charge in [-0.2, -0.15) is 5.10 Å². The lowest BCUT2D eigenvalue weighted by atomic mass is 10.2. The van der Waals surface area contributed by atoms with Gasteiger partial charge in [0.1, 0.15) is 0 Å². The first-order valence-electron chi connectivity index (χ1n) is 5.72. The Morgan fingerprint density at radius 2 is 2.00 bits per heavy atom. The number of hydrogen-bond acceptors (Lipinski definition) is 3. The molecule has 1 aromatic carbocycles. The molecule has 0 aliphatic heterocycles. The zero-order chi connectivity index (χ0) is 12.2. The van der Waals surface area contributed by atoms with E-state index in [1.807, 2.05) is 29.0 Å². The lowest BCUT2D eigenvalue weighted by Gasteiger charge is -2.06. The van der Waals surface area contributed by atoms with Gasteiger partial charge in [-0.15, -0.1) is 0 Å². The SMILES string of the molecule is c1cn(-c2ccc(NCc3ccn[nH]3)cc2)cn1. The van der Waals surface area contributed by atoms with Crippen molar-refractivity contribution in [3.05, 3.63) is 60.9 Å². The highest BCUT2D eigenvalue weighted by Crippen LogP contribution is 2.13. The van der Waals surface area contributed by atoms with Gasteiger partial charge in [0.15, 0.2) is 0 Å². The summed E-state index contributed by atoms with van der Waals surface area (Å²) in [5.41, 5.74) is 3.24. The van der Waals surface area contributed by atoms with Crippen molar-refractivity contribution in [3.8, 4) is 5.69 Å². The molecule has 0 fully saturated rings. The molecule has 0 aliphatic rings. The number of hydrogen-bond donors (Lipinski definition) is 2. The molecule has 0 spiro atoms. The highest BCUT2D eigenvalue weighted by Gasteiger charge is 1.97. The average molecular weight is 239 g/mol. The molecule has 90 valence electrons. The van der Waals surface area contributed by atoms with Crippen molar-refractivity contribution >= 4 is 5.69 Å². The molecule has 2 N–H and O–H groups in total. The van der Waals surface area contributed by atoms with E-state index < -0.39 is 0 Å². The summed E-state index contributed by atoms with van der Waals surface area (Å²) in [6.07, 6.45) is 7.23. The first-order valence-corrected chi connectivity index (χ1v) is 5.72.